The van der Waals surface area contributed by atoms with E-state index in [2.05, 4.69) is 41.7 Å². The van der Waals surface area contributed by atoms with Crippen LogP contribution in [0.5, 0.6) is 0 Å². The summed E-state index contributed by atoms with van der Waals surface area (Å²) < 4.78 is 4.87. The number of nitrogens with zero attached hydrogens (tertiary/aromatic N) is 2. The van der Waals surface area contributed by atoms with Gasteiger partial charge in [0, 0.05) is 28.2 Å². The molecule has 1 fully saturated rings. The fraction of sp³-hybridized carbons (Fsp3) is 0.846. The summed E-state index contributed by atoms with van der Waals surface area (Å²) in [5.74, 6) is 0.944. The van der Waals surface area contributed by atoms with Gasteiger partial charge in [-0.05, 0) is 19.1 Å². The molecular weight excluding hydrogens is 262 g/mol. The first kappa shape index (κ1) is 14.1. The Labute approximate surface area is 118 Å². The SMILES string of the molecule is CSC1(CNc2nc(C(C)(C)C)ns2)CCCC1. The Bertz CT molecular complexity index is 389. The van der Waals surface area contributed by atoms with E-state index in [0.29, 0.717) is 4.75 Å². The molecule has 1 heterocycles. The Hall–Kier alpha value is -0.290. The molecule has 0 radical (unpaired) electrons. The molecule has 1 aromatic heterocycles. The van der Waals surface area contributed by atoms with Gasteiger partial charge in [0.1, 0.15) is 5.82 Å². The summed E-state index contributed by atoms with van der Waals surface area (Å²) in [5.41, 5.74) is 0.0426. The zero-order chi connectivity index (χ0) is 13.2. The number of thioether (sulfide) groups is 1. The van der Waals surface area contributed by atoms with Crippen molar-refractivity contribution in [1.29, 1.82) is 0 Å². The van der Waals surface area contributed by atoms with Gasteiger partial charge in [0.05, 0.1) is 0 Å². The molecule has 102 valence electrons. The minimum atomic E-state index is 0.0426. The quantitative estimate of drug-likeness (QED) is 0.910. The smallest absolute Gasteiger partial charge is 0.202 e. The van der Waals surface area contributed by atoms with E-state index in [-0.39, 0.29) is 5.41 Å². The molecule has 0 unspecified atom stereocenters. The molecule has 0 bridgehead atoms. The third kappa shape index (κ3) is 3.18. The van der Waals surface area contributed by atoms with E-state index in [4.69, 9.17) is 0 Å². The van der Waals surface area contributed by atoms with Crippen LogP contribution >= 0.6 is 23.3 Å². The first-order chi connectivity index (χ1) is 8.45. The van der Waals surface area contributed by atoms with Crippen LogP contribution in [0.3, 0.4) is 0 Å². The Morgan fingerprint density at radius 2 is 2.00 bits per heavy atom. The van der Waals surface area contributed by atoms with Crippen molar-refractivity contribution in [2.24, 2.45) is 0 Å². The number of rotatable bonds is 4. The number of aromatic nitrogens is 2. The highest BCUT2D eigenvalue weighted by Gasteiger charge is 2.33. The molecule has 3 nitrogen and oxygen atoms in total. The third-order valence-corrected chi connectivity index (χ3v) is 5.70. The normalized spacial score (nSPS) is 19.1. The second kappa shape index (κ2) is 5.37. The Balaban J connectivity index is 1.96. The molecule has 0 amide bonds. The fourth-order valence-electron chi connectivity index (χ4n) is 2.31. The van der Waals surface area contributed by atoms with Crippen molar-refractivity contribution in [2.45, 2.75) is 56.6 Å². The molecule has 0 aromatic carbocycles. The first-order valence-corrected chi connectivity index (χ1v) is 8.58. The maximum absolute atomic E-state index is 4.59. The lowest BCUT2D eigenvalue weighted by Crippen LogP contribution is -2.30. The van der Waals surface area contributed by atoms with Crippen LogP contribution in [0.25, 0.3) is 0 Å². The van der Waals surface area contributed by atoms with Gasteiger partial charge in [-0.25, -0.2) is 4.98 Å². The monoisotopic (exact) mass is 285 g/mol. The maximum Gasteiger partial charge on any atom is 0.202 e. The molecule has 1 saturated carbocycles. The van der Waals surface area contributed by atoms with Crippen LogP contribution in [-0.4, -0.2) is 26.9 Å². The number of hydrogen-bond donors (Lipinski definition) is 1. The standard InChI is InChI=1S/C13H23N3S2/c1-12(2,3)10-15-11(18-16-10)14-9-13(17-4)7-5-6-8-13/h5-9H2,1-4H3,(H,14,15,16). The average molecular weight is 285 g/mol. The summed E-state index contributed by atoms with van der Waals surface area (Å²) in [4.78, 5) is 4.59. The van der Waals surface area contributed by atoms with Gasteiger partial charge in [0.25, 0.3) is 0 Å². The highest BCUT2D eigenvalue weighted by molar-refractivity contribution is 8.00. The van der Waals surface area contributed by atoms with E-state index in [0.717, 1.165) is 17.5 Å². The van der Waals surface area contributed by atoms with Crippen LogP contribution in [-0.2, 0) is 5.41 Å². The number of anilines is 1. The van der Waals surface area contributed by atoms with Gasteiger partial charge in [-0.1, -0.05) is 33.6 Å². The molecule has 1 N–H and O–H groups in total. The molecule has 0 spiro atoms. The van der Waals surface area contributed by atoms with Gasteiger partial charge in [-0.3, -0.25) is 0 Å². The summed E-state index contributed by atoms with van der Waals surface area (Å²) in [6, 6.07) is 0. The van der Waals surface area contributed by atoms with Gasteiger partial charge in [-0.15, -0.1) is 0 Å². The highest BCUT2D eigenvalue weighted by atomic mass is 32.2. The maximum atomic E-state index is 4.59. The summed E-state index contributed by atoms with van der Waals surface area (Å²) >= 11 is 3.49. The third-order valence-electron chi connectivity index (χ3n) is 3.61. The lowest BCUT2D eigenvalue weighted by atomic mass is 9.96. The van der Waals surface area contributed by atoms with Crippen molar-refractivity contribution in [3.05, 3.63) is 5.82 Å². The van der Waals surface area contributed by atoms with Crippen molar-refractivity contribution in [3.63, 3.8) is 0 Å². The predicted molar refractivity (Wildman–Crippen MR) is 81.8 cm³/mol. The zero-order valence-corrected chi connectivity index (χ0v) is 13.4. The fourth-order valence-corrected chi connectivity index (χ4v) is 3.97. The summed E-state index contributed by atoms with van der Waals surface area (Å²) in [6.07, 6.45) is 7.61. The summed E-state index contributed by atoms with van der Waals surface area (Å²) in [7, 11) is 0. The van der Waals surface area contributed by atoms with Gasteiger partial charge < -0.3 is 5.32 Å². The molecule has 5 heteroatoms. The van der Waals surface area contributed by atoms with Crippen LogP contribution in [0, 0.1) is 0 Å². The van der Waals surface area contributed by atoms with Gasteiger partial charge in [-0.2, -0.15) is 16.1 Å². The van der Waals surface area contributed by atoms with Crippen molar-refractivity contribution in [3.8, 4) is 0 Å². The molecule has 0 saturated heterocycles. The molecule has 2 rings (SSSR count). The minimum absolute atomic E-state index is 0.0426. The van der Waals surface area contributed by atoms with E-state index in [1.807, 2.05) is 11.8 Å². The van der Waals surface area contributed by atoms with E-state index >= 15 is 0 Å². The van der Waals surface area contributed by atoms with Gasteiger partial charge in [0.2, 0.25) is 5.13 Å². The molecule has 18 heavy (non-hydrogen) atoms. The summed E-state index contributed by atoms with van der Waals surface area (Å²) in [6.45, 7) is 7.48. The van der Waals surface area contributed by atoms with Crippen molar-refractivity contribution in [1.82, 2.24) is 9.36 Å². The molecule has 0 aliphatic heterocycles. The van der Waals surface area contributed by atoms with Crippen LogP contribution in [0.2, 0.25) is 0 Å². The van der Waals surface area contributed by atoms with Crippen molar-refractivity contribution < 1.29 is 0 Å². The van der Waals surface area contributed by atoms with E-state index in [1.54, 1.807) is 0 Å². The highest BCUT2D eigenvalue weighted by Crippen LogP contribution is 2.40. The van der Waals surface area contributed by atoms with Crippen LogP contribution in [0.15, 0.2) is 0 Å². The number of nitrogens with one attached hydrogen (secondary N) is 1. The van der Waals surface area contributed by atoms with Crippen LogP contribution in [0.1, 0.15) is 52.3 Å². The lowest BCUT2D eigenvalue weighted by Gasteiger charge is -2.26. The van der Waals surface area contributed by atoms with Crippen LogP contribution < -0.4 is 5.32 Å². The van der Waals surface area contributed by atoms with E-state index < -0.39 is 0 Å². The lowest BCUT2D eigenvalue weighted by molar-refractivity contribution is 0.554. The topological polar surface area (TPSA) is 37.8 Å². The first-order valence-electron chi connectivity index (χ1n) is 6.58. The second-order valence-corrected chi connectivity index (χ2v) is 8.15. The van der Waals surface area contributed by atoms with Crippen LogP contribution in [0.4, 0.5) is 5.13 Å². The Morgan fingerprint density at radius 3 is 2.50 bits per heavy atom. The molecule has 1 aliphatic carbocycles. The van der Waals surface area contributed by atoms with E-state index in [9.17, 15) is 0 Å². The van der Waals surface area contributed by atoms with Crippen molar-refractivity contribution in [2.75, 3.05) is 18.1 Å². The zero-order valence-electron chi connectivity index (χ0n) is 11.7. The predicted octanol–water partition coefficient (Wildman–Crippen LogP) is 3.92. The second-order valence-electron chi connectivity index (χ2n) is 6.12. The Kier molecular flexibility index (Phi) is 4.22. The Morgan fingerprint density at radius 1 is 1.33 bits per heavy atom. The molecular formula is C13H23N3S2. The summed E-state index contributed by atoms with van der Waals surface area (Å²) in [5, 5.41) is 4.47. The molecule has 1 aliphatic rings. The average Bonchev–Trinajstić information content (AvgIpc) is 2.96. The number of hydrogen-bond acceptors (Lipinski definition) is 5. The molecule has 0 atom stereocenters. The van der Waals surface area contributed by atoms with E-state index in [1.165, 1.54) is 37.2 Å². The van der Waals surface area contributed by atoms with Crippen molar-refractivity contribution >= 4 is 28.4 Å². The minimum Gasteiger partial charge on any atom is -0.359 e. The largest absolute Gasteiger partial charge is 0.359 e. The van der Waals surface area contributed by atoms with Gasteiger partial charge >= 0.3 is 0 Å². The molecule has 1 aromatic rings. The van der Waals surface area contributed by atoms with Gasteiger partial charge in [0.15, 0.2) is 0 Å².